The SMILES string of the molecule is CC(N=Nc1nc2ccccc2s1)c1ccc(-c2cccc(CC(=O)O)c2)o1. The third kappa shape index (κ3) is 3.99. The van der Waals surface area contributed by atoms with E-state index >= 15 is 0 Å². The molecule has 1 atom stereocenters. The van der Waals surface area contributed by atoms with Crippen LogP contribution in [0.5, 0.6) is 0 Å². The number of thiazole rings is 1. The summed E-state index contributed by atoms with van der Waals surface area (Å²) in [6.45, 7) is 1.90. The second kappa shape index (κ2) is 7.74. The first-order valence-electron chi connectivity index (χ1n) is 8.76. The van der Waals surface area contributed by atoms with Crippen LogP contribution in [0.1, 0.15) is 24.3 Å². The summed E-state index contributed by atoms with van der Waals surface area (Å²) in [6, 6.07) is 18.7. The summed E-state index contributed by atoms with van der Waals surface area (Å²) in [7, 11) is 0. The van der Waals surface area contributed by atoms with Crippen LogP contribution in [0.2, 0.25) is 0 Å². The topological polar surface area (TPSA) is 88.0 Å². The van der Waals surface area contributed by atoms with Gasteiger partial charge in [0.25, 0.3) is 0 Å². The average molecular weight is 391 g/mol. The van der Waals surface area contributed by atoms with Crippen LogP contribution in [0.3, 0.4) is 0 Å². The molecule has 0 saturated carbocycles. The molecule has 0 aliphatic carbocycles. The van der Waals surface area contributed by atoms with Crippen molar-refractivity contribution in [1.29, 1.82) is 0 Å². The summed E-state index contributed by atoms with van der Waals surface area (Å²) in [5, 5.41) is 18.1. The van der Waals surface area contributed by atoms with E-state index in [0.717, 1.165) is 21.3 Å². The first-order valence-corrected chi connectivity index (χ1v) is 9.57. The third-order valence-electron chi connectivity index (χ3n) is 4.20. The number of hydrogen-bond acceptors (Lipinski definition) is 6. The average Bonchev–Trinajstić information content (AvgIpc) is 3.33. The minimum Gasteiger partial charge on any atom is -0.481 e. The minimum absolute atomic E-state index is 0.0197. The van der Waals surface area contributed by atoms with E-state index in [9.17, 15) is 4.79 Å². The standard InChI is InChI=1S/C21H17N3O3S/c1-13(23-24-21-22-16-7-2-3-8-19(16)28-21)17-9-10-18(27-17)15-6-4-5-14(11-15)12-20(25)26/h2-11,13H,12H2,1H3,(H,25,26). The Kier molecular flexibility index (Phi) is 4.99. The first-order chi connectivity index (χ1) is 13.6. The number of rotatable bonds is 6. The fraction of sp³-hybridized carbons (Fsp3) is 0.143. The fourth-order valence-corrected chi connectivity index (χ4v) is 3.63. The van der Waals surface area contributed by atoms with Gasteiger partial charge in [0.1, 0.15) is 17.6 Å². The summed E-state index contributed by atoms with van der Waals surface area (Å²) >= 11 is 1.49. The van der Waals surface area contributed by atoms with Crippen molar-refractivity contribution >= 4 is 32.7 Å². The number of aliphatic carboxylic acids is 1. The van der Waals surface area contributed by atoms with Crippen molar-refractivity contribution in [1.82, 2.24) is 4.98 Å². The van der Waals surface area contributed by atoms with Gasteiger partial charge in [-0.25, -0.2) is 4.98 Å². The van der Waals surface area contributed by atoms with Crippen molar-refractivity contribution in [2.45, 2.75) is 19.4 Å². The van der Waals surface area contributed by atoms with Gasteiger partial charge in [0.15, 0.2) is 0 Å². The molecular weight excluding hydrogens is 374 g/mol. The number of carbonyl (C=O) groups is 1. The highest BCUT2D eigenvalue weighted by atomic mass is 32.1. The summed E-state index contributed by atoms with van der Waals surface area (Å²) in [5.74, 6) is 0.494. The second-order valence-corrected chi connectivity index (χ2v) is 7.34. The van der Waals surface area contributed by atoms with Gasteiger partial charge in [-0.2, -0.15) is 5.11 Å². The molecule has 140 valence electrons. The molecule has 4 rings (SSSR count). The quantitative estimate of drug-likeness (QED) is 0.407. The molecule has 0 spiro atoms. The number of azo groups is 1. The molecule has 4 aromatic rings. The second-order valence-electron chi connectivity index (χ2n) is 6.33. The molecule has 1 unspecified atom stereocenters. The number of carboxylic acids is 1. The lowest BCUT2D eigenvalue weighted by atomic mass is 10.1. The first kappa shape index (κ1) is 18.1. The number of hydrogen-bond donors (Lipinski definition) is 1. The number of fused-ring (bicyclic) bond motifs is 1. The number of para-hydroxylation sites is 1. The Balaban J connectivity index is 1.51. The molecule has 0 bridgehead atoms. The molecule has 0 radical (unpaired) electrons. The molecule has 0 saturated heterocycles. The van der Waals surface area contributed by atoms with E-state index in [2.05, 4.69) is 15.2 Å². The lowest BCUT2D eigenvalue weighted by Crippen LogP contribution is -1.99. The summed E-state index contributed by atoms with van der Waals surface area (Å²) in [6.07, 6.45) is -0.0197. The number of benzene rings is 2. The predicted octanol–water partition coefficient (Wildman–Crippen LogP) is 6.03. The molecular formula is C21H17N3O3S. The number of nitrogens with zero attached hydrogens (tertiary/aromatic N) is 3. The largest absolute Gasteiger partial charge is 0.481 e. The van der Waals surface area contributed by atoms with E-state index in [1.807, 2.05) is 61.5 Å². The van der Waals surface area contributed by atoms with Gasteiger partial charge in [0.05, 0.1) is 16.6 Å². The maximum absolute atomic E-state index is 10.9. The highest BCUT2D eigenvalue weighted by Gasteiger charge is 2.12. The Hall–Kier alpha value is -3.32. The van der Waals surface area contributed by atoms with Crippen molar-refractivity contribution in [3.63, 3.8) is 0 Å². The maximum atomic E-state index is 10.9. The van der Waals surface area contributed by atoms with Gasteiger partial charge < -0.3 is 9.52 Å². The molecule has 2 aromatic carbocycles. The maximum Gasteiger partial charge on any atom is 0.307 e. The molecule has 0 aliphatic rings. The Bertz CT molecular complexity index is 1130. The van der Waals surface area contributed by atoms with Crippen LogP contribution in [0.4, 0.5) is 5.13 Å². The van der Waals surface area contributed by atoms with Gasteiger partial charge in [0, 0.05) is 5.56 Å². The Morgan fingerprint density at radius 2 is 2.04 bits per heavy atom. The molecule has 0 aliphatic heterocycles. The fourth-order valence-electron chi connectivity index (χ4n) is 2.84. The number of carboxylic acid groups (broad SMARTS) is 1. The summed E-state index contributed by atoms with van der Waals surface area (Å²) in [4.78, 5) is 15.3. The smallest absolute Gasteiger partial charge is 0.307 e. The van der Waals surface area contributed by atoms with Crippen LogP contribution >= 0.6 is 11.3 Å². The molecule has 28 heavy (non-hydrogen) atoms. The summed E-state index contributed by atoms with van der Waals surface area (Å²) < 4.78 is 7.00. The van der Waals surface area contributed by atoms with Crippen molar-refractivity contribution in [3.05, 3.63) is 72.0 Å². The highest BCUT2D eigenvalue weighted by molar-refractivity contribution is 7.21. The Morgan fingerprint density at radius 1 is 1.18 bits per heavy atom. The monoisotopic (exact) mass is 391 g/mol. The predicted molar refractivity (Wildman–Crippen MR) is 108 cm³/mol. The van der Waals surface area contributed by atoms with E-state index < -0.39 is 5.97 Å². The van der Waals surface area contributed by atoms with E-state index in [0.29, 0.717) is 16.7 Å². The van der Waals surface area contributed by atoms with E-state index in [1.165, 1.54) is 11.3 Å². The summed E-state index contributed by atoms with van der Waals surface area (Å²) in [5.41, 5.74) is 2.47. The van der Waals surface area contributed by atoms with Crippen LogP contribution < -0.4 is 0 Å². The van der Waals surface area contributed by atoms with Gasteiger partial charge >= 0.3 is 5.97 Å². The van der Waals surface area contributed by atoms with Crippen LogP contribution in [-0.4, -0.2) is 16.1 Å². The van der Waals surface area contributed by atoms with Crippen LogP contribution in [0, 0.1) is 0 Å². The van der Waals surface area contributed by atoms with E-state index in [-0.39, 0.29) is 12.5 Å². The molecule has 0 fully saturated rings. The van der Waals surface area contributed by atoms with Crippen molar-refractivity contribution in [2.75, 3.05) is 0 Å². The minimum atomic E-state index is -0.860. The highest BCUT2D eigenvalue weighted by Crippen LogP contribution is 2.31. The zero-order chi connectivity index (χ0) is 19.5. The number of furan rings is 1. The van der Waals surface area contributed by atoms with Gasteiger partial charge in [-0.05, 0) is 42.8 Å². The van der Waals surface area contributed by atoms with Gasteiger partial charge in [0.2, 0.25) is 5.13 Å². The van der Waals surface area contributed by atoms with Crippen molar-refractivity contribution in [2.24, 2.45) is 10.2 Å². The number of aromatic nitrogens is 1. The van der Waals surface area contributed by atoms with Crippen molar-refractivity contribution in [3.8, 4) is 11.3 Å². The lowest BCUT2D eigenvalue weighted by molar-refractivity contribution is -0.136. The third-order valence-corrected chi connectivity index (χ3v) is 5.13. The van der Waals surface area contributed by atoms with Gasteiger partial charge in [-0.3, -0.25) is 4.79 Å². The van der Waals surface area contributed by atoms with E-state index in [1.54, 1.807) is 6.07 Å². The zero-order valence-corrected chi connectivity index (χ0v) is 15.9. The molecule has 2 heterocycles. The molecule has 0 amide bonds. The molecule has 2 aromatic heterocycles. The zero-order valence-electron chi connectivity index (χ0n) is 15.1. The lowest BCUT2D eigenvalue weighted by Gasteiger charge is -2.02. The normalized spacial score (nSPS) is 12.6. The van der Waals surface area contributed by atoms with E-state index in [4.69, 9.17) is 9.52 Å². The molecule has 7 heteroatoms. The van der Waals surface area contributed by atoms with Gasteiger partial charge in [-0.15, -0.1) is 5.11 Å². The Labute approximate surface area is 165 Å². The van der Waals surface area contributed by atoms with Crippen LogP contribution in [-0.2, 0) is 11.2 Å². The van der Waals surface area contributed by atoms with Gasteiger partial charge in [-0.1, -0.05) is 41.7 Å². The van der Waals surface area contributed by atoms with Crippen LogP contribution in [0.15, 0.2) is 75.3 Å². The van der Waals surface area contributed by atoms with Crippen molar-refractivity contribution < 1.29 is 14.3 Å². The molecule has 1 N–H and O–H groups in total. The van der Waals surface area contributed by atoms with Crippen LogP contribution in [0.25, 0.3) is 21.5 Å². The molecule has 6 nitrogen and oxygen atoms in total. The Morgan fingerprint density at radius 3 is 2.86 bits per heavy atom.